The molecule has 0 aliphatic carbocycles. The fourth-order valence-corrected chi connectivity index (χ4v) is 4.17. The minimum absolute atomic E-state index is 0. The zero-order chi connectivity index (χ0) is 19.9. The standard InChI is InChI=1S/C20H34N4O2S.HI/c1-16-7-9-18(10-8-16)19(24-12-5-6-13-24)15-22-20(21-3)23-17(2)11-14-27(4,25)26;/h7-10,17,19H,5-6,11-15H2,1-4H3,(H2,21,22,23);1H. The Hall–Kier alpha value is -0.870. The monoisotopic (exact) mass is 522 g/mol. The quantitative estimate of drug-likeness (QED) is 0.312. The third-order valence-corrected chi connectivity index (χ3v) is 6.01. The predicted molar refractivity (Wildman–Crippen MR) is 128 cm³/mol. The fourth-order valence-electron chi connectivity index (χ4n) is 3.38. The third-order valence-electron chi connectivity index (χ3n) is 5.03. The van der Waals surface area contributed by atoms with Gasteiger partial charge in [-0.3, -0.25) is 9.89 Å². The molecule has 0 amide bonds. The molecule has 2 N–H and O–H groups in total. The van der Waals surface area contributed by atoms with E-state index in [0.717, 1.165) is 19.6 Å². The van der Waals surface area contributed by atoms with Gasteiger partial charge in [0.25, 0.3) is 0 Å². The van der Waals surface area contributed by atoms with E-state index in [9.17, 15) is 8.42 Å². The number of aryl methyl sites for hydroxylation is 1. The van der Waals surface area contributed by atoms with E-state index < -0.39 is 9.84 Å². The van der Waals surface area contributed by atoms with Gasteiger partial charge in [-0.2, -0.15) is 0 Å². The Labute approximate surface area is 187 Å². The van der Waals surface area contributed by atoms with Crippen molar-refractivity contribution in [2.45, 2.75) is 45.2 Å². The molecule has 8 heteroatoms. The van der Waals surface area contributed by atoms with E-state index in [1.54, 1.807) is 7.05 Å². The van der Waals surface area contributed by atoms with Gasteiger partial charge in [-0.1, -0.05) is 29.8 Å². The molecular weight excluding hydrogens is 487 g/mol. The number of aliphatic imine (C=N–C) groups is 1. The molecule has 2 unspecified atom stereocenters. The summed E-state index contributed by atoms with van der Waals surface area (Å²) in [5.74, 6) is 0.894. The molecule has 0 saturated carbocycles. The molecule has 6 nitrogen and oxygen atoms in total. The minimum atomic E-state index is -2.95. The van der Waals surface area contributed by atoms with Crippen LogP contribution in [0.1, 0.15) is 43.4 Å². The molecule has 0 bridgehead atoms. The number of guanidine groups is 1. The van der Waals surface area contributed by atoms with Crippen LogP contribution in [0.4, 0.5) is 0 Å². The average molecular weight is 522 g/mol. The van der Waals surface area contributed by atoms with E-state index in [1.165, 1.54) is 30.2 Å². The van der Waals surface area contributed by atoms with Gasteiger partial charge in [0, 0.05) is 25.9 Å². The van der Waals surface area contributed by atoms with Crippen LogP contribution in [0.3, 0.4) is 0 Å². The number of hydrogen-bond acceptors (Lipinski definition) is 4. The molecule has 0 spiro atoms. The normalized spacial score (nSPS) is 17.6. The Bertz CT molecular complexity index is 716. The van der Waals surface area contributed by atoms with Crippen molar-refractivity contribution in [3.8, 4) is 0 Å². The summed E-state index contributed by atoms with van der Waals surface area (Å²) in [5.41, 5.74) is 2.58. The van der Waals surface area contributed by atoms with Gasteiger partial charge in [0.1, 0.15) is 9.84 Å². The van der Waals surface area contributed by atoms with Gasteiger partial charge in [0.05, 0.1) is 11.8 Å². The Balaban J connectivity index is 0.00000392. The van der Waals surface area contributed by atoms with E-state index >= 15 is 0 Å². The molecule has 0 aromatic heterocycles. The summed E-state index contributed by atoms with van der Waals surface area (Å²) in [6.45, 7) is 7.10. The molecule has 1 fully saturated rings. The lowest BCUT2D eigenvalue weighted by atomic mass is 10.0. The molecule has 160 valence electrons. The van der Waals surface area contributed by atoms with Crippen LogP contribution in [0.5, 0.6) is 0 Å². The molecule has 1 aliphatic rings. The molecule has 0 radical (unpaired) electrons. The van der Waals surface area contributed by atoms with Gasteiger partial charge in [-0.05, 0) is 51.8 Å². The average Bonchev–Trinajstić information content (AvgIpc) is 3.14. The van der Waals surface area contributed by atoms with Crippen molar-refractivity contribution in [1.29, 1.82) is 0 Å². The van der Waals surface area contributed by atoms with Crippen LogP contribution < -0.4 is 10.6 Å². The van der Waals surface area contributed by atoms with Crippen LogP contribution in [-0.2, 0) is 9.84 Å². The maximum Gasteiger partial charge on any atom is 0.191 e. The number of hydrogen-bond donors (Lipinski definition) is 2. The first-order valence-electron chi connectivity index (χ1n) is 9.74. The first kappa shape index (κ1) is 25.2. The predicted octanol–water partition coefficient (Wildman–Crippen LogP) is 2.74. The number of likely N-dealkylation sites (tertiary alicyclic amines) is 1. The van der Waals surface area contributed by atoms with Crippen molar-refractivity contribution >= 4 is 39.8 Å². The number of halogens is 1. The summed E-state index contributed by atoms with van der Waals surface area (Å²) in [7, 11) is -1.20. The molecular formula is C20H35IN4O2S. The Morgan fingerprint density at radius 1 is 1.21 bits per heavy atom. The summed E-state index contributed by atoms with van der Waals surface area (Å²) < 4.78 is 22.7. The van der Waals surface area contributed by atoms with Crippen LogP contribution >= 0.6 is 24.0 Å². The second-order valence-corrected chi connectivity index (χ2v) is 9.85. The lowest BCUT2D eigenvalue weighted by Gasteiger charge is -2.29. The van der Waals surface area contributed by atoms with E-state index in [0.29, 0.717) is 18.4 Å². The zero-order valence-corrected chi connectivity index (χ0v) is 20.6. The maximum atomic E-state index is 11.4. The summed E-state index contributed by atoms with van der Waals surface area (Å²) >= 11 is 0. The van der Waals surface area contributed by atoms with Gasteiger partial charge in [0.2, 0.25) is 0 Å². The van der Waals surface area contributed by atoms with Crippen molar-refractivity contribution in [3.63, 3.8) is 0 Å². The minimum Gasteiger partial charge on any atom is -0.354 e. The first-order chi connectivity index (χ1) is 12.8. The topological polar surface area (TPSA) is 73.8 Å². The second kappa shape index (κ2) is 12.0. The van der Waals surface area contributed by atoms with Crippen LogP contribution in [0.25, 0.3) is 0 Å². The highest BCUT2D eigenvalue weighted by atomic mass is 127. The van der Waals surface area contributed by atoms with Crippen molar-refractivity contribution < 1.29 is 8.42 Å². The van der Waals surface area contributed by atoms with Crippen molar-refractivity contribution in [1.82, 2.24) is 15.5 Å². The summed E-state index contributed by atoms with van der Waals surface area (Å²) in [6, 6.07) is 9.10. The third kappa shape index (κ3) is 8.65. The zero-order valence-electron chi connectivity index (χ0n) is 17.4. The second-order valence-electron chi connectivity index (χ2n) is 7.59. The van der Waals surface area contributed by atoms with Crippen LogP contribution in [-0.4, -0.2) is 64.0 Å². The van der Waals surface area contributed by atoms with Gasteiger partial charge in [-0.25, -0.2) is 8.42 Å². The van der Waals surface area contributed by atoms with E-state index in [1.807, 2.05) is 6.92 Å². The number of nitrogens with zero attached hydrogens (tertiary/aromatic N) is 2. The Morgan fingerprint density at radius 2 is 1.82 bits per heavy atom. The molecule has 1 heterocycles. The highest BCUT2D eigenvalue weighted by molar-refractivity contribution is 14.0. The highest BCUT2D eigenvalue weighted by Crippen LogP contribution is 2.24. The molecule has 1 saturated heterocycles. The molecule has 2 atom stereocenters. The van der Waals surface area contributed by atoms with Gasteiger partial charge in [-0.15, -0.1) is 24.0 Å². The van der Waals surface area contributed by atoms with E-state index in [-0.39, 0.29) is 35.8 Å². The van der Waals surface area contributed by atoms with Crippen LogP contribution in [0.2, 0.25) is 0 Å². The van der Waals surface area contributed by atoms with Gasteiger partial charge >= 0.3 is 0 Å². The molecule has 1 aromatic carbocycles. The smallest absolute Gasteiger partial charge is 0.191 e. The summed E-state index contributed by atoms with van der Waals surface area (Å²) in [5, 5.41) is 6.74. The van der Waals surface area contributed by atoms with E-state index in [4.69, 9.17) is 0 Å². The Morgan fingerprint density at radius 3 is 2.36 bits per heavy atom. The van der Waals surface area contributed by atoms with Crippen LogP contribution in [0, 0.1) is 6.92 Å². The number of rotatable bonds is 8. The highest BCUT2D eigenvalue weighted by Gasteiger charge is 2.23. The maximum absolute atomic E-state index is 11.4. The number of sulfone groups is 1. The Kier molecular flexibility index (Phi) is 10.8. The SMILES string of the molecule is CN=C(NCC(c1ccc(C)cc1)N1CCCC1)NC(C)CCS(C)(=O)=O.I. The molecule has 28 heavy (non-hydrogen) atoms. The van der Waals surface area contributed by atoms with Crippen molar-refractivity contribution in [2.24, 2.45) is 4.99 Å². The van der Waals surface area contributed by atoms with E-state index in [2.05, 4.69) is 51.7 Å². The molecule has 1 aliphatic heterocycles. The fraction of sp³-hybridized carbons (Fsp3) is 0.650. The summed E-state index contributed by atoms with van der Waals surface area (Å²) in [6.07, 6.45) is 4.33. The number of benzene rings is 1. The van der Waals surface area contributed by atoms with Gasteiger partial charge < -0.3 is 10.6 Å². The summed E-state index contributed by atoms with van der Waals surface area (Å²) in [4.78, 5) is 6.83. The lowest BCUT2D eigenvalue weighted by molar-refractivity contribution is 0.245. The van der Waals surface area contributed by atoms with Crippen molar-refractivity contribution in [2.75, 3.05) is 38.7 Å². The van der Waals surface area contributed by atoms with Crippen LogP contribution in [0.15, 0.2) is 29.3 Å². The van der Waals surface area contributed by atoms with Gasteiger partial charge in [0.15, 0.2) is 5.96 Å². The van der Waals surface area contributed by atoms with Crippen molar-refractivity contribution in [3.05, 3.63) is 35.4 Å². The number of nitrogens with one attached hydrogen (secondary N) is 2. The first-order valence-corrected chi connectivity index (χ1v) is 11.8. The molecule has 2 rings (SSSR count). The largest absolute Gasteiger partial charge is 0.354 e. The lowest BCUT2D eigenvalue weighted by Crippen LogP contribution is -2.46. The molecule has 1 aromatic rings.